The van der Waals surface area contributed by atoms with Gasteiger partial charge < -0.3 is 17.8 Å². The Kier molecular flexibility index (Phi) is 7.44. The Morgan fingerprint density at radius 2 is 1.37 bits per heavy atom. The zero-order chi connectivity index (χ0) is 15.3. The first-order chi connectivity index (χ1) is 8.60. The molecule has 0 bridgehead atoms. The van der Waals surface area contributed by atoms with Gasteiger partial charge in [0.1, 0.15) is 8.24 Å². The summed E-state index contributed by atoms with van der Waals surface area (Å²) in [6.45, 7) is 16.2. The number of hydrogen-bond acceptors (Lipinski definition) is 4. The number of hydrogen-bond donors (Lipinski definition) is 0. The largest absolute Gasteiger partial charge is 0.501 e. The van der Waals surface area contributed by atoms with Crippen LogP contribution in [-0.2, 0) is 13.3 Å². The van der Waals surface area contributed by atoms with Crippen molar-refractivity contribution in [3.8, 4) is 0 Å². The fourth-order valence-electron chi connectivity index (χ4n) is 2.14. The van der Waals surface area contributed by atoms with Gasteiger partial charge in [-0.05, 0) is 18.1 Å². The Balaban J connectivity index is 4.85. The minimum Gasteiger partial charge on any atom is -0.377 e. The Hall–Kier alpha value is 0.274. The molecule has 6 heteroatoms. The molecule has 4 nitrogen and oxygen atoms in total. The summed E-state index contributed by atoms with van der Waals surface area (Å²) in [6, 6.07) is 0.844. The molecule has 0 aromatic carbocycles. The molecule has 0 aliphatic carbocycles. The van der Waals surface area contributed by atoms with E-state index in [1.807, 2.05) is 0 Å². The molecular formula is C13H33NO3Si2. The predicted molar refractivity (Wildman–Crippen MR) is 86.0 cm³/mol. The van der Waals surface area contributed by atoms with Crippen molar-refractivity contribution in [2.75, 3.05) is 34.4 Å². The lowest BCUT2D eigenvalue weighted by molar-refractivity contribution is 0.121. The van der Waals surface area contributed by atoms with Crippen LogP contribution < -0.4 is 0 Å². The molecule has 0 aromatic rings. The Labute approximate surface area is 121 Å². The smallest absolute Gasteiger partial charge is 0.377 e. The molecule has 0 aliphatic rings. The van der Waals surface area contributed by atoms with E-state index in [0.717, 1.165) is 19.1 Å². The van der Waals surface area contributed by atoms with Crippen LogP contribution in [0.3, 0.4) is 0 Å². The molecule has 0 aliphatic heterocycles. The minimum atomic E-state index is -2.45. The van der Waals surface area contributed by atoms with E-state index in [1.54, 1.807) is 21.3 Å². The van der Waals surface area contributed by atoms with Crippen molar-refractivity contribution in [3.63, 3.8) is 0 Å². The van der Waals surface area contributed by atoms with E-state index in [1.165, 1.54) is 0 Å². The average Bonchev–Trinajstić information content (AvgIpc) is 2.34. The molecule has 0 unspecified atom stereocenters. The molecule has 0 saturated heterocycles. The fraction of sp³-hybridized carbons (Fsp3) is 1.00. The van der Waals surface area contributed by atoms with Gasteiger partial charge in [-0.15, -0.1) is 0 Å². The molecule has 0 spiro atoms. The van der Waals surface area contributed by atoms with Crippen LogP contribution in [0.5, 0.6) is 0 Å². The van der Waals surface area contributed by atoms with Crippen molar-refractivity contribution >= 4 is 17.0 Å². The van der Waals surface area contributed by atoms with E-state index in [0.29, 0.717) is 5.04 Å². The van der Waals surface area contributed by atoms with Crippen molar-refractivity contribution in [1.29, 1.82) is 0 Å². The second kappa shape index (κ2) is 7.33. The Morgan fingerprint density at radius 3 is 1.63 bits per heavy atom. The summed E-state index contributed by atoms with van der Waals surface area (Å²) in [5, 5.41) is 0.348. The van der Waals surface area contributed by atoms with Gasteiger partial charge in [0.2, 0.25) is 0 Å². The zero-order valence-electron chi connectivity index (χ0n) is 14.3. The SMILES string of the molecule is CCN(CC[Si](OC)(OC)OC)[Si](C)(C)C(C)(C)C. The summed E-state index contributed by atoms with van der Waals surface area (Å²) in [5.41, 5.74) is 0. The van der Waals surface area contributed by atoms with Gasteiger partial charge in [-0.3, -0.25) is 0 Å². The molecule has 0 radical (unpaired) electrons. The quantitative estimate of drug-likeness (QED) is 0.644. The van der Waals surface area contributed by atoms with E-state index in [-0.39, 0.29) is 0 Å². The zero-order valence-corrected chi connectivity index (χ0v) is 16.3. The molecule has 116 valence electrons. The lowest BCUT2D eigenvalue weighted by Crippen LogP contribution is -2.57. The molecule has 0 rings (SSSR count). The third-order valence-corrected chi connectivity index (χ3v) is 13.1. The molecule has 0 aromatic heterocycles. The first-order valence-corrected chi connectivity index (χ1v) is 11.9. The number of rotatable bonds is 8. The summed E-state index contributed by atoms with van der Waals surface area (Å²) < 4.78 is 19.2. The standard InChI is InChI=1S/C13H33NO3Si2/c1-10-14(18(8,9)13(2,3)4)11-12-19(15-5,16-6)17-7/h10-12H2,1-9H3. The van der Waals surface area contributed by atoms with Crippen LogP contribution in [0.2, 0.25) is 24.2 Å². The van der Waals surface area contributed by atoms with Crippen LogP contribution in [0.4, 0.5) is 0 Å². The van der Waals surface area contributed by atoms with Gasteiger partial charge in [-0.1, -0.05) is 40.8 Å². The van der Waals surface area contributed by atoms with Crippen LogP contribution >= 0.6 is 0 Å². The Bertz CT molecular complexity index is 255. The third-order valence-electron chi connectivity index (χ3n) is 4.63. The van der Waals surface area contributed by atoms with Crippen LogP contribution in [0.25, 0.3) is 0 Å². The van der Waals surface area contributed by atoms with Crippen LogP contribution in [0.1, 0.15) is 27.7 Å². The lowest BCUT2D eigenvalue weighted by atomic mass is 10.2. The van der Waals surface area contributed by atoms with Crippen molar-refractivity contribution in [2.45, 2.75) is 51.9 Å². The molecular weight excluding hydrogens is 274 g/mol. The normalized spacial score (nSPS) is 14.2. The van der Waals surface area contributed by atoms with E-state index in [2.05, 4.69) is 45.4 Å². The maximum absolute atomic E-state index is 5.51. The van der Waals surface area contributed by atoms with Gasteiger partial charge in [0.15, 0.2) is 0 Å². The molecule has 0 amide bonds. The van der Waals surface area contributed by atoms with Crippen molar-refractivity contribution in [1.82, 2.24) is 4.57 Å². The van der Waals surface area contributed by atoms with Crippen LogP contribution in [-0.4, -0.2) is 56.0 Å². The van der Waals surface area contributed by atoms with Gasteiger partial charge >= 0.3 is 8.80 Å². The monoisotopic (exact) mass is 307 g/mol. The fourth-order valence-corrected chi connectivity index (χ4v) is 6.43. The van der Waals surface area contributed by atoms with Gasteiger partial charge in [-0.2, -0.15) is 0 Å². The molecule has 19 heavy (non-hydrogen) atoms. The summed E-state index contributed by atoms with van der Waals surface area (Å²) in [5.74, 6) is 0. The van der Waals surface area contributed by atoms with Crippen molar-refractivity contribution < 1.29 is 13.3 Å². The molecule has 0 atom stereocenters. The van der Waals surface area contributed by atoms with E-state index in [9.17, 15) is 0 Å². The first kappa shape index (κ1) is 19.3. The molecule has 0 heterocycles. The predicted octanol–water partition coefficient (Wildman–Crippen LogP) is 3.19. The van der Waals surface area contributed by atoms with Crippen LogP contribution in [0, 0.1) is 0 Å². The van der Waals surface area contributed by atoms with E-state index < -0.39 is 17.0 Å². The first-order valence-electron chi connectivity index (χ1n) is 7.00. The summed E-state index contributed by atoms with van der Waals surface area (Å²) in [7, 11) is 1.11. The maximum Gasteiger partial charge on any atom is 0.501 e. The topological polar surface area (TPSA) is 30.9 Å². The highest BCUT2D eigenvalue weighted by atomic mass is 28.4. The summed E-state index contributed by atoms with van der Waals surface area (Å²) >= 11 is 0. The molecule has 0 saturated carbocycles. The highest BCUT2D eigenvalue weighted by Gasteiger charge is 2.43. The molecule has 0 fully saturated rings. The lowest BCUT2D eigenvalue weighted by Gasteiger charge is -2.46. The third kappa shape index (κ3) is 4.65. The molecule has 0 N–H and O–H groups in total. The van der Waals surface area contributed by atoms with Crippen molar-refractivity contribution in [2.24, 2.45) is 0 Å². The minimum absolute atomic E-state index is 0.348. The highest BCUT2D eigenvalue weighted by molar-refractivity contribution is 6.77. The summed E-state index contributed by atoms with van der Waals surface area (Å²) in [6.07, 6.45) is 0. The van der Waals surface area contributed by atoms with Crippen LogP contribution in [0.15, 0.2) is 0 Å². The second-order valence-corrected chi connectivity index (χ2v) is 14.8. The van der Waals surface area contributed by atoms with Gasteiger partial charge in [0.25, 0.3) is 0 Å². The van der Waals surface area contributed by atoms with Crippen molar-refractivity contribution in [3.05, 3.63) is 0 Å². The maximum atomic E-state index is 5.51. The van der Waals surface area contributed by atoms with E-state index in [4.69, 9.17) is 13.3 Å². The highest BCUT2D eigenvalue weighted by Crippen LogP contribution is 2.38. The Morgan fingerprint density at radius 1 is 0.947 bits per heavy atom. The number of nitrogens with zero attached hydrogens (tertiary/aromatic N) is 1. The summed E-state index contributed by atoms with van der Waals surface area (Å²) in [4.78, 5) is 0. The van der Waals surface area contributed by atoms with E-state index >= 15 is 0 Å². The average molecular weight is 308 g/mol. The van der Waals surface area contributed by atoms with Gasteiger partial charge in [-0.25, -0.2) is 0 Å². The second-order valence-electron chi connectivity index (χ2n) is 6.43. The van der Waals surface area contributed by atoms with Gasteiger partial charge in [0, 0.05) is 27.4 Å². The van der Waals surface area contributed by atoms with Gasteiger partial charge in [0.05, 0.1) is 0 Å².